The summed E-state index contributed by atoms with van der Waals surface area (Å²) in [4.78, 5) is 29.6. The van der Waals surface area contributed by atoms with Gasteiger partial charge in [0.2, 0.25) is 0 Å². The second kappa shape index (κ2) is 4.54. The van der Waals surface area contributed by atoms with Gasteiger partial charge in [-0.05, 0) is 12.8 Å². The maximum absolute atomic E-state index is 11.7. The van der Waals surface area contributed by atoms with Crippen molar-refractivity contribution >= 4 is 11.2 Å². The molecule has 0 aliphatic carbocycles. The third-order valence-corrected chi connectivity index (χ3v) is 2.64. The van der Waals surface area contributed by atoms with E-state index in [1.807, 2.05) is 0 Å². The number of imidazole rings is 1. The molecule has 0 fully saturated rings. The van der Waals surface area contributed by atoms with E-state index in [9.17, 15) is 9.59 Å². The number of aromatic amines is 1. The van der Waals surface area contributed by atoms with Crippen LogP contribution in [-0.4, -0.2) is 30.8 Å². The zero-order valence-corrected chi connectivity index (χ0v) is 9.51. The van der Waals surface area contributed by atoms with Crippen molar-refractivity contribution in [2.75, 3.05) is 6.61 Å². The van der Waals surface area contributed by atoms with Gasteiger partial charge in [0.05, 0.1) is 6.33 Å². The van der Waals surface area contributed by atoms with Crippen LogP contribution in [0.15, 0.2) is 15.9 Å². The molecule has 2 heterocycles. The maximum Gasteiger partial charge on any atom is 0.330 e. The lowest BCUT2D eigenvalue weighted by molar-refractivity contribution is 0.281. The van der Waals surface area contributed by atoms with Crippen LogP contribution >= 0.6 is 0 Å². The molecule has 2 aromatic heterocycles. The standard InChI is InChI=1S/C10H14N4O3/c1-13-6-11-8-7(13)9(16)12-10(17)14(8)4-2-3-5-15/h6,15H,2-5H2,1H3,(H,12,16,17). The molecule has 17 heavy (non-hydrogen) atoms. The van der Waals surface area contributed by atoms with E-state index in [0.29, 0.717) is 30.6 Å². The van der Waals surface area contributed by atoms with Gasteiger partial charge in [0.1, 0.15) is 0 Å². The summed E-state index contributed by atoms with van der Waals surface area (Å²) >= 11 is 0. The zero-order valence-electron chi connectivity index (χ0n) is 9.51. The van der Waals surface area contributed by atoms with Crippen LogP contribution in [-0.2, 0) is 13.6 Å². The van der Waals surface area contributed by atoms with E-state index in [1.165, 1.54) is 10.9 Å². The first kappa shape index (κ1) is 11.6. The second-order valence-electron chi connectivity index (χ2n) is 3.87. The Kier molecular flexibility index (Phi) is 3.10. The molecule has 7 heteroatoms. The first-order chi connectivity index (χ1) is 8.15. The largest absolute Gasteiger partial charge is 0.396 e. The number of aliphatic hydroxyl groups is 1. The Bertz CT molecular complexity index is 637. The normalized spacial score (nSPS) is 11.2. The number of unbranched alkanes of at least 4 members (excludes halogenated alkanes) is 1. The highest BCUT2D eigenvalue weighted by Gasteiger charge is 2.11. The number of aryl methyl sites for hydroxylation is 2. The molecule has 0 atom stereocenters. The van der Waals surface area contributed by atoms with Gasteiger partial charge in [-0.2, -0.15) is 0 Å². The van der Waals surface area contributed by atoms with Gasteiger partial charge in [-0.3, -0.25) is 14.3 Å². The molecule has 0 unspecified atom stereocenters. The van der Waals surface area contributed by atoms with Crippen molar-refractivity contribution < 1.29 is 5.11 Å². The minimum atomic E-state index is -0.459. The predicted octanol–water partition coefficient (Wildman–Crippen LogP) is -0.804. The molecule has 0 saturated carbocycles. The number of rotatable bonds is 4. The van der Waals surface area contributed by atoms with E-state index < -0.39 is 11.2 Å². The third-order valence-electron chi connectivity index (χ3n) is 2.64. The molecular formula is C10H14N4O3. The lowest BCUT2D eigenvalue weighted by Gasteiger charge is -2.05. The van der Waals surface area contributed by atoms with Gasteiger partial charge in [-0.1, -0.05) is 0 Å². The molecule has 7 nitrogen and oxygen atoms in total. The number of nitrogens with zero attached hydrogens (tertiary/aromatic N) is 3. The number of aromatic nitrogens is 4. The molecule has 0 aliphatic heterocycles. The van der Waals surface area contributed by atoms with E-state index in [0.717, 1.165) is 0 Å². The minimum Gasteiger partial charge on any atom is -0.396 e. The Balaban J connectivity index is 2.54. The van der Waals surface area contributed by atoms with Crippen LogP contribution in [0.5, 0.6) is 0 Å². The number of H-pyrrole nitrogens is 1. The van der Waals surface area contributed by atoms with Gasteiger partial charge >= 0.3 is 5.69 Å². The predicted molar refractivity (Wildman–Crippen MR) is 61.9 cm³/mol. The fourth-order valence-electron chi connectivity index (χ4n) is 1.79. The highest BCUT2D eigenvalue weighted by molar-refractivity contribution is 5.69. The first-order valence-corrected chi connectivity index (χ1v) is 5.40. The lowest BCUT2D eigenvalue weighted by Crippen LogP contribution is -2.31. The van der Waals surface area contributed by atoms with Crippen LogP contribution < -0.4 is 11.2 Å². The van der Waals surface area contributed by atoms with Crippen molar-refractivity contribution in [3.8, 4) is 0 Å². The van der Waals surface area contributed by atoms with Crippen LogP contribution in [0.2, 0.25) is 0 Å². The zero-order chi connectivity index (χ0) is 12.4. The average Bonchev–Trinajstić information content (AvgIpc) is 2.66. The van der Waals surface area contributed by atoms with Gasteiger partial charge in [0.15, 0.2) is 11.2 Å². The molecule has 0 radical (unpaired) electrons. The SMILES string of the molecule is Cn1cnc2c1c(=O)[nH]c(=O)n2CCCCO. The van der Waals surface area contributed by atoms with E-state index >= 15 is 0 Å². The Morgan fingerprint density at radius 1 is 1.41 bits per heavy atom. The second-order valence-corrected chi connectivity index (χ2v) is 3.87. The monoisotopic (exact) mass is 238 g/mol. The van der Waals surface area contributed by atoms with Gasteiger partial charge in [-0.15, -0.1) is 0 Å². The van der Waals surface area contributed by atoms with E-state index in [2.05, 4.69) is 9.97 Å². The molecule has 92 valence electrons. The maximum atomic E-state index is 11.7. The number of nitrogens with one attached hydrogen (secondary N) is 1. The fraction of sp³-hybridized carbons (Fsp3) is 0.500. The third kappa shape index (κ3) is 2.01. The number of hydrogen-bond donors (Lipinski definition) is 2. The molecular weight excluding hydrogens is 224 g/mol. The summed E-state index contributed by atoms with van der Waals surface area (Å²) in [5, 5.41) is 8.71. The summed E-state index contributed by atoms with van der Waals surface area (Å²) in [5.74, 6) is 0. The molecule has 0 spiro atoms. The number of fused-ring (bicyclic) bond motifs is 1. The summed E-state index contributed by atoms with van der Waals surface area (Å²) in [6.45, 7) is 0.521. The van der Waals surface area contributed by atoms with Crippen LogP contribution in [0, 0.1) is 0 Å². The van der Waals surface area contributed by atoms with E-state index in [4.69, 9.17) is 5.11 Å². The van der Waals surface area contributed by atoms with Crippen molar-refractivity contribution in [1.29, 1.82) is 0 Å². The van der Waals surface area contributed by atoms with Crippen molar-refractivity contribution in [3.05, 3.63) is 27.2 Å². The average molecular weight is 238 g/mol. The van der Waals surface area contributed by atoms with Crippen LogP contribution in [0.25, 0.3) is 11.2 Å². The van der Waals surface area contributed by atoms with Gasteiger partial charge in [-0.25, -0.2) is 9.78 Å². The molecule has 0 aliphatic rings. The molecule has 0 amide bonds. The summed E-state index contributed by atoms with van der Waals surface area (Å²) in [6, 6.07) is 0. The molecule has 2 rings (SSSR count). The quantitative estimate of drug-likeness (QED) is 0.682. The lowest BCUT2D eigenvalue weighted by atomic mass is 10.3. The summed E-state index contributed by atoms with van der Waals surface area (Å²) in [6.07, 6.45) is 2.77. The smallest absolute Gasteiger partial charge is 0.330 e. The van der Waals surface area contributed by atoms with Crippen molar-refractivity contribution in [2.45, 2.75) is 19.4 Å². The van der Waals surface area contributed by atoms with Crippen LogP contribution in [0.3, 0.4) is 0 Å². The van der Waals surface area contributed by atoms with Crippen molar-refractivity contribution in [2.24, 2.45) is 7.05 Å². The summed E-state index contributed by atoms with van der Waals surface area (Å²) < 4.78 is 3.00. The van der Waals surface area contributed by atoms with Gasteiger partial charge in [0, 0.05) is 20.2 Å². The molecule has 2 aromatic rings. The molecule has 0 aromatic carbocycles. The van der Waals surface area contributed by atoms with E-state index in [-0.39, 0.29) is 6.61 Å². The highest BCUT2D eigenvalue weighted by atomic mass is 16.3. The Morgan fingerprint density at radius 3 is 2.88 bits per heavy atom. The van der Waals surface area contributed by atoms with Crippen LogP contribution in [0.4, 0.5) is 0 Å². The Labute approximate surface area is 96.3 Å². The first-order valence-electron chi connectivity index (χ1n) is 5.40. The number of hydrogen-bond acceptors (Lipinski definition) is 4. The Hall–Kier alpha value is -1.89. The van der Waals surface area contributed by atoms with Crippen molar-refractivity contribution in [1.82, 2.24) is 19.1 Å². The minimum absolute atomic E-state index is 0.0868. The van der Waals surface area contributed by atoms with E-state index in [1.54, 1.807) is 11.6 Å². The molecule has 0 saturated heterocycles. The van der Waals surface area contributed by atoms with Crippen molar-refractivity contribution in [3.63, 3.8) is 0 Å². The summed E-state index contributed by atoms with van der Waals surface area (Å²) in [5.41, 5.74) is -0.115. The number of aliphatic hydroxyl groups excluding tert-OH is 1. The fourth-order valence-corrected chi connectivity index (χ4v) is 1.79. The molecule has 0 bridgehead atoms. The topological polar surface area (TPSA) is 92.9 Å². The summed E-state index contributed by atoms with van der Waals surface area (Å²) in [7, 11) is 1.70. The van der Waals surface area contributed by atoms with Gasteiger partial charge < -0.3 is 9.67 Å². The Morgan fingerprint density at radius 2 is 2.18 bits per heavy atom. The highest BCUT2D eigenvalue weighted by Crippen LogP contribution is 2.04. The molecule has 2 N–H and O–H groups in total. The van der Waals surface area contributed by atoms with Crippen LogP contribution in [0.1, 0.15) is 12.8 Å². The van der Waals surface area contributed by atoms with Gasteiger partial charge in [0.25, 0.3) is 5.56 Å².